The van der Waals surface area contributed by atoms with Crippen LogP contribution < -0.4 is 9.46 Å². The lowest BCUT2D eigenvalue weighted by molar-refractivity contribution is 0.101. The summed E-state index contributed by atoms with van der Waals surface area (Å²) in [5.74, 6) is 0.422. The predicted molar refractivity (Wildman–Crippen MR) is 94.3 cm³/mol. The monoisotopic (exact) mass is 347 g/mol. The SMILES string of the molecule is COc1cc(C(C)C)ccc1NS(=O)(=O)c1ccccc1C(C)=O. The van der Waals surface area contributed by atoms with Gasteiger partial charge in [-0.1, -0.05) is 38.1 Å². The second-order valence-electron chi connectivity index (χ2n) is 5.77. The predicted octanol–water partition coefficient (Wildman–Crippen LogP) is 3.82. The number of rotatable bonds is 6. The normalized spacial score (nSPS) is 11.4. The average molecular weight is 347 g/mol. The Morgan fingerprint density at radius 1 is 1.12 bits per heavy atom. The van der Waals surface area contributed by atoms with Gasteiger partial charge < -0.3 is 4.74 Å². The third kappa shape index (κ3) is 3.76. The Balaban J connectivity index is 2.46. The highest BCUT2D eigenvalue weighted by atomic mass is 32.2. The van der Waals surface area contributed by atoms with Crippen molar-refractivity contribution in [3.8, 4) is 5.75 Å². The molecule has 0 bridgehead atoms. The Morgan fingerprint density at radius 2 is 1.79 bits per heavy atom. The second kappa shape index (κ2) is 7.05. The molecule has 0 heterocycles. The molecule has 2 aromatic rings. The lowest BCUT2D eigenvalue weighted by Gasteiger charge is -2.15. The molecule has 0 saturated heterocycles. The minimum Gasteiger partial charge on any atom is -0.495 e. The molecular weight excluding hydrogens is 326 g/mol. The van der Waals surface area contributed by atoms with Gasteiger partial charge in [0.25, 0.3) is 10.0 Å². The van der Waals surface area contributed by atoms with Crippen molar-refractivity contribution in [3.63, 3.8) is 0 Å². The summed E-state index contributed by atoms with van der Waals surface area (Å²) in [7, 11) is -2.42. The van der Waals surface area contributed by atoms with Gasteiger partial charge in [-0.05, 0) is 36.6 Å². The quantitative estimate of drug-likeness (QED) is 0.806. The van der Waals surface area contributed by atoms with E-state index in [9.17, 15) is 13.2 Å². The van der Waals surface area contributed by atoms with Crippen LogP contribution in [0.5, 0.6) is 5.75 Å². The number of ketones is 1. The summed E-state index contributed by atoms with van der Waals surface area (Å²) < 4.78 is 33.2. The number of carbonyl (C=O) groups is 1. The Labute approximate surface area is 142 Å². The van der Waals surface area contributed by atoms with E-state index >= 15 is 0 Å². The van der Waals surface area contributed by atoms with E-state index in [0.717, 1.165) is 5.56 Å². The molecule has 2 rings (SSSR count). The number of nitrogens with one attached hydrogen (secondary N) is 1. The molecule has 0 atom stereocenters. The van der Waals surface area contributed by atoms with Gasteiger partial charge in [-0.25, -0.2) is 8.42 Å². The van der Waals surface area contributed by atoms with Gasteiger partial charge in [0.05, 0.1) is 17.7 Å². The largest absolute Gasteiger partial charge is 0.495 e. The summed E-state index contributed by atoms with van der Waals surface area (Å²) in [6, 6.07) is 11.4. The molecule has 1 N–H and O–H groups in total. The number of benzene rings is 2. The summed E-state index contributed by atoms with van der Waals surface area (Å²) >= 11 is 0. The molecule has 0 radical (unpaired) electrons. The molecule has 6 heteroatoms. The summed E-state index contributed by atoms with van der Waals surface area (Å²) in [6.45, 7) is 5.43. The molecule has 0 aromatic heterocycles. The molecule has 5 nitrogen and oxygen atoms in total. The smallest absolute Gasteiger partial charge is 0.262 e. The molecule has 0 aliphatic rings. The summed E-state index contributed by atoms with van der Waals surface area (Å²) in [4.78, 5) is 11.6. The Bertz CT molecular complexity index is 857. The first-order valence-electron chi connectivity index (χ1n) is 7.57. The standard InChI is InChI=1S/C18H21NO4S/c1-12(2)14-9-10-16(17(11-14)23-4)19-24(21,22)18-8-6-5-7-15(18)13(3)20/h5-12,19H,1-4H3. The van der Waals surface area contributed by atoms with Gasteiger partial charge in [0.2, 0.25) is 0 Å². The molecule has 0 aliphatic carbocycles. The van der Waals surface area contributed by atoms with Gasteiger partial charge in [0.15, 0.2) is 5.78 Å². The van der Waals surface area contributed by atoms with Crippen LogP contribution in [0.2, 0.25) is 0 Å². The number of ether oxygens (including phenoxy) is 1. The van der Waals surface area contributed by atoms with Crippen LogP contribution >= 0.6 is 0 Å². The molecule has 0 saturated carbocycles. The van der Waals surface area contributed by atoms with Crippen LogP contribution in [0.1, 0.15) is 42.6 Å². The molecule has 0 spiro atoms. The van der Waals surface area contributed by atoms with E-state index in [-0.39, 0.29) is 16.2 Å². The van der Waals surface area contributed by atoms with Gasteiger partial charge >= 0.3 is 0 Å². The van der Waals surface area contributed by atoms with Crippen molar-refractivity contribution in [2.45, 2.75) is 31.6 Å². The van der Waals surface area contributed by atoms with Gasteiger partial charge in [-0.3, -0.25) is 9.52 Å². The van der Waals surface area contributed by atoms with E-state index in [1.54, 1.807) is 24.3 Å². The van der Waals surface area contributed by atoms with E-state index in [4.69, 9.17) is 4.74 Å². The number of hydrogen-bond donors (Lipinski definition) is 1. The molecule has 0 unspecified atom stereocenters. The van der Waals surface area contributed by atoms with Crippen molar-refractivity contribution in [1.82, 2.24) is 0 Å². The topological polar surface area (TPSA) is 72.5 Å². The number of carbonyl (C=O) groups excluding carboxylic acids is 1. The fourth-order valence-electron chi connectivity index (χ4n) is 2.34. The van der Waals surface area contributed by atoms with Crippen molar-refractivity contribution < 1.29 is 17.9 Å². The summed E-state index contributed by atoms with van der Waals surface area (Å²) in [5.41, 5.74) is 1.53. The lowest BCUT2D eigenvalue weighted by Crippen LogP contribution is -2.16. The number of hydrogen-bond acceptors (Lipinski definition) is 4. The second-order valence-corrected chi connectivity index (χ2v) is 7.42. The lowest BCUT2D eigenvalue weighted by atomic mass is 10.0. The van der Waals surface area contributed by atoms with Crippen LogP contribution in [0, 0.1) is 0 Å². The van der Waals surface area contributed by atoms with Crippen molar-refractivity contribution in [1.29, 1.82) is 0 Å². The average Bonchev–Trinajstić information content (AvgIpc) is 2.54. The van der Waals surface area contributed by atoms with Gasteiger partial charge in [-0.2, -0.15) is 0 Å². The molecular formula is C18H21NO4S. The van der Waals surface area contributed by atoms with Crippen molar-refractivity contribution >= 4 is 21.5 Å². The molecule has 0 aliphatic heterocycles. The van der Waals surface area contributed by atoms with Crippen LogP contribution in [0.15, 0.2) is 47.4 Å². The third-order valence-corrected chi connectivity index (χ3v) is 5.12. The van der Waals surface area contributed by atoms with E-state index in [0.29, 0.717) is 17.4 Å². The van der Waals surface area contributed by atoms with Crippen LogP contribution in [-0.4, -0.2) is 21.3 Å². The van der Waals surface area contributed by atoms with E-state index < -0.39 is 10.0 Å². The number of Topliss-reactive ketones (excluding diaryl/α,β-unsaturated/α-hetero) is 1. The first-order chi connectivity index (χ1) is 11.3. The zero-order valence-electron chi connectivity index (χ0n) is 14.2. The Hall–Kier alpha value is -2.34. The molecule has 128 valence electrons. The highest BCUT2D eigenvalue weighted by molar-refractivity contribution is 7.92. The first kappa shape index (κ1) is 18.0. The van der Waals surface area contributed by atoms with Crippen molar-refractivity contribution in [2.24, 2.45) is 0 Å². The van der Waals surface area contributed by atoms with Crippen LogP contribution in [0.4, 0.5) is 5.69 Å². The van der Waals surface area contributed by atoms with Crippen molar-refractivity contribution in [3.05, 3.63) is 53.6 Å². The molecule has 2 aromatic carbocycles. The molecule has 0 amide bonds. The zero-order valence-corrected chi connectivity index (χ0v) is 15.0. The number of anilines is 1. The van der Waals surface area contributed by atoms with E-state index in [2.05, 4.69) is 4.72 Å². The minimum absolute atomic E-state index is 0.0486. The van der Waals surface area contributed by atoms with Gasteiger partial charge in [0, 0.05) is 5.56 Å². The number of sulfonamides is 1. The Kier molecular flexibility index (Phi) is 5.29. The highest BCUT2D eigenvalue weighted by Gasteiger charge is 2.22. The van der Waals surface area contributed by atoms with E-state index in [1.807, 2.05) is 19.9 Å². The summed E-state index contributed by atoms with van der Waals surface area (Å²) in [6.07, 6.45) is 0. The molecule has 0 fully saturated rings. The zero-order chi connectivity index (χ0) is 17.9. The maximum absolute atomic E-state index is 12.7. The minimum atomic E-state index is -3.91. The third-order valence-electron chi connectivity index (χ3n) is 3.69. The number of methoxy groups -OCH3 is 1. The van der Waals surface area contributed by atoms with E-state index in [1.165, 1.54) is 26.2 Å². The molecule has 24 heavy (non-hydrogen) atoms. The van der Waals surface area contributed by atoms with Gasteiger partial charge in [-0.15, -0.1) is 0 Å². The fourth-order valence-corrected chi connectivity index (χ4v) is 3.67. The van der Waals surface area contributed by atoms with Crippen LogP contribution in [0.3, 0.4) is 0 Å². The maximum atomic E-state index is 12.7. The van der Waals surface area contributed by atoms with Gasteiger partial charge in [0.1, 0.15) is 5.75 Å². The van der Waals surface area contributed by atoms with Crippen LogP contribution in [-0.2, 0) is 10.0 Å². The maximum Gasteiger partial charge on any atom is 0.262 e. The highest BCUT2D eigenvalue weighted by Crippen LogP contribution is 2.31. The van der Waals surface area contributed by atoms with Crippen LogP contribution in [0.25, 0.3) is 0 Å². The van der Waals surface area contributed by atoms with Crippen molar-refractivity contribution in [2.75, 3.05) is 11.8 Å². The Morgan fingerprint density at radius 3 is 2.38 bits per heavy atom. The fraction of sp³-hybridized carbons (Fsp3) is 0.278. The first-order valence-corrected chi connectivity index (χ1v) is 9.05. The summed E-state index contributed by atoms with van der Waals surface area (Å²) in [5, 5.41) is 0.